The van der Waals surface area contributed by atoms with Crippen LogP contribution in [-0.2, 0) is 4.79 Å². The second kappa shape index (κ2) is 5.01. The SMILES string of the molecule is Cc1cccc([N+](=O)[O-])c1OCC(C)(N)C(=O)O. The second-order valence-electron chi connectivity index (χ2n) is 4.19. The molecule has 1 atom stereocenters. The van der Waals surface area contributed by atoms with Crippen molar-refractivity contribution < 1.29 is 19.6 Å². The van der Waals surface area contributed by atoms with Gasteiger partial charge in [-0.2, -0.15) is 0 Å². The first kappa shape index (κ1) is 13.9. The van der Waals surface area contributed by atoms with Crippen LogP contribution in [0, 0.1) is 17.0 Å². The fourth-order valence-electron chi connectivity index (χ4n) is 1.25. The number of aliphatic carboxylic acids is 1. The topological polar surface area (TPSA) is 116 Å². The number of ether oxygens (including phenoxy) is 1. The number of aryl methyl sites for hydroxylation is 1. The van der Waals surface area contributed by atoms with Crippen molar-refractivity contribution in [3.8, 4) is 5.75 Å². The second-order valence-corrected chi connectivity index (χ2v) is 4.19. The van der Waals surface area contributed by atoms with E-state index in [1.54, 1.807) is 13.0 Å². The number of nitro benzene ring substituents is 1. The summed E-state index contributed by atoms with van der Waals surface area (Å²) in [7, 11) is 0. The van der Waals surface area contributed by atoms with Crippen LogP contribution in [0.5, 0.6) is 5.75 Å². The van der Waals surface area contributed by atoms with Crippen LogP contribution in [0.4, 0.5) is 5.69 Å². The van der Waals surface area contributed by atoms with E-state index in [1.165, 1.54) is 19.1 Å². The Bertz CT molecular complexity index is 484. The highest BCUT2D eigenvalue weighted by molar-refractivity contribution is 5.78. The summed E-state index contributed by atoms with van der Waals surface area (Å²) in [6.45, 7) is 2.56. The van der Waals surface area contributed by atoms with Gasteiger partial charge in [-0.15, -0.1) is 0 Å². The van der Waals surface area contributed by atoms with Crippen molar-refractivity contribution in [2.24, 2.45) is 5.73 Å². The lowest BCUT2D eigenvalue weighted by molar-refractivity contribution is -0.386. The third kappa shape index (κ3) is 2.95. The van der Waals surface area contributed by atoms with E-state index in [9.17, 15) is 14.9 Å². The summed E-state index contributed by atoms with van der Waals surface area (Å²) in [6.07, 6.45) is 0. The molecule has 7 heteroatoms. The van der Waals surface area contributed by atoms with E-state index >= 15 is 0 Å². The Kier molecular flexibility index (Phi) is 3.87. The minimum Gasteiger partial charge on any atom is -0.484 e. The average Bonchev–Trinajstić information content (AvgIpc) is 2.26. The molecule has 3 N–H and O–H groups in total. The Morgan fingerprint density at radius 3 is 2.72 bits per heavy atom. The smallest absolute Gasteiger partial charge is 0.326 e. The monoisotopic (exact) mass is 254 g/mol. The molecule has 0 aliphatic heterocycles. The van der Waals surface area contributed by atoms with Crippen LogP contribution >= 0.6 is 0 Å². The van der Waals surface area contributed by atoms with E-state index in [0.717, 1.165) is 0 Å². The van der Waals surface area contributed by atoms with E-state index in [-0.39, 0.29) is 18.0 Å². The van der Waals surface area contributed by atoms with Crippen molar-refractivity contribution in [3.63, 3.8) is 0 Å². The van der Waals surface area contributed by atoms with Crippen LogP contribution in [0.25, 0.3) is 0 Å². The Morgan fingerprint density at radius 2 is 2.22 bits per heavy atom. The van der Waals surface area contributed by atoms with Crippen molar-refractivity contribution in [3.05, 3.63) is 33.9 Å². The Morgan fingerprint density at radius 1 is 1.61 bits per heavy atom. The maximum Gasteiger partial charge on any atom is 0.326 e. The molecule has 1 aromatic rings. The molecule has 98 valence electrons. The Balaban J connectivity index is 2.98. The van der Waals surface area contributed by atoms with Gasteiger partial charge in [0.25, 0.3) is 0 Å². The maximum atomic E-state index is 10.8. The number of hydrogen-bond donors (Lipinski definition) is 2. The van der Waals surface area contributed by atoms with Gasteiger partial charge in [0, 0.05) is 6.07 Å². The number of carbonyl (C=O) groups is 1. The van der Waals surface area contributed by atoms with E-state index in [1.807, 2.05) is 0 Å². The first-order valence-electron chi connectivity index (χ1n) is 5.15. The van der Waals surface area contributed by atoms with Gasteiger partial charge >= 0.3 is 11.7 Å². The summed E-state index contributed by atoms with van der Waals surface area (Å²) in [6, 6.07) is 4.45. The van der Waals surface area contributed by atoms with Crippen molar-refractivity contribution in [1.82, 2.24) is 0 Å². The zero-order valence-corrected chi connectivity index (χ0v) is 10.0. The molecule has 1 unspecified atom stereocenters. The molecule has 1 rings (SSSR count). The van der Waals surface area contributed by atoms with Gasteiger partial charge in [0.15, 0.2) is 5.75 Å². The van der Waals surface area contributed by atoms with Crippen LogP contribution in [-0.4, -0.2) is 28.1 Å². The molecule has 18 heavy (non-hydrogen) atoms. The molecule has 0 saturated carbocycles. The number of carboxylic acids is 1. The summed E-state index contributed by atoms with van der Waals surface area (Å²) in [5.74, 6) is -1.20. The van der Waals surface area contributed by atoms with Crippen molar-refractivity contribution >= 4 is 11.7 Å². The van der Waals surface area contributed by atoms with Crippen LogP contribution < -0.4 is 10.5 Å². The zero-order valence-electron chi connectivity index (χ0n) is 10.0. The molecule has 0 saturated heterocycles. The molecular weight excluding hydrogens is 240 g/mol. The van der Waals surface area contributed by atoms with Gasteiger partial charge in [-0.05, 0) is 19.4 Å². The number of hydrogen-bond acceptors (Lipinski definition) is 5. The molecule has 7 nitrogen and oxygen atoms in total. The quantitative estimate of drug-likeness (QED) is 0.600. The number of nitrogens with two attached hydrogens (primary N) is 1. The van der Waals surface area contributed by atoms with E-state index in [0.29, 0.717) is 5.56 Å². The molecule has 0 heterocycles. The first-order valence-corrected chi connectivity index (χ1v) is 5.15. The van der Waals surface area contributed by atoms with Gasteiger partial charge in [0.1, 0.15) is 12.1 Å². The molecule has 1 aromatic carbocycles. The fraction of sp³-hybridized carbons (Fsp3) is 0.364. The van der Waals surface area contributed by atoms with Gasteiger partial charge in [-0.25, -0.2) is 0 Å². The number of carboxylic acid groups (broad SMARTS) is 1. The Labute approximate surface area is 103 Å². The molecule has 0 bridgehead atoms. The normalized spacial score (nSPS) is 13.7. The van der Waals surface area contributed by atoms with Gasteiger partial charge in [0.2, 0.25) is 0 Å². The minimum absolute atomic E-state index is 0.0421. The number of para-hydroxylation sites is 1. The predicted molar refractivity (Wildman–Crippen MR) is 63.6 cm³/mol. The van der Waals surface area contributed by atoms with Crippen LogP contribution in [0.2, 0.25) is 0 Å². The third-order valence-electron chi connectivity index (χ3n) is 2.39. The highest BCUT2D eigenvalue weighted by Gasteiger charge is 2.30. The number of rotatable bonds is 5. The van der Waals surface area contributed by atoms with Crippen LogP contribution in [0.3, 0.4) is 0 Å². The summed E-state index contributed by atoms with van der Waals surface area (Å²) in [5.41, 5.74) is 4.22. The summed E-state index contributed by atoms with van der Waals surface area (Å²) >= 11 is 0. The molecular formula is C11H14N2O5. The van der Waals surface area contributed by atoms with Crippen LogP contribution in [0.15, 0.2) is 18.2 Å². The highest BCUT2D eigenvalue weighted by Crippen LogP contribution is 2.30. The summed E-state index contributed by atoms with van der Waals surface area (Å²) in [5, 5.41) is 19.6. The van der Waals surface area contributed by atoms with Gasteiger partial charge in [-0.3, -0.25) is 14.9 Å². The highest BCUT2D eigenvalue weighted by atomic mass is 16.6. The molecule has 0 radical (unpaired) electrons. The number of nitro groups is 1. The molecule has 0 amide bonds. The van der Waals surface area contributed by atoms with Gasteiger partial charge < -0.3 is 15.6 Å². The van der Waals surface area contributed by atoms with Gasteiger partial charge in [0.05, 0.1) is 4.92 Å². The largest absolute Gasteiger partial charge is 0.484 e. The van der Waals surface area contributed by atoms with Crippen molar-refractivity contribution in [1.29, 1.82) is 0 Å². The first-order chi connectivity index (χ1) is 8.25. The average molecular weight is 254 g/mol. The lowest BCUT2D eigenvalue weighted by atomic mass is 10.1. The number of benzene rings is 1. The minimum atomic E-state index is -1.60. The van der Waals surface area contributed by atoms with E-state index in [2.05, 4.69) is 0 Å². The maximum absolute atomic E-state index is 10.8. The number of nitrogens with zero attached hydrogens (tertiary/aromatic N) is 1. The summed E-state index contributed by atoms with van der Waals surface area (Å²) < 4.78 is 5.21. The molecule has 0 fully saturated rings. The Hall–Kier alpha value is -2.15. The molecule has 0 spiro atoms. The summed E-state index contributed by atoms with van der Waals surface area (Å²) in [4.78, 5) is 21.0. The van der Waals surface area contributed by atoms with Crippen LogP contribution in [0.1, 0.15) is 12.5 Å². The lowest BCUT2D eigenvalue weighted by Gasteiger charge is -2.20. The molecule has 0 aliphatic rings. The molecule has 0 aromatic heterocycles. The standard InChI is InChI=1S/C11H14N2O5/c1-7-4-3-5-8(13(16)17)9(7)18-6-11(2,12)10(14)15/h3-5H,6,12H2,1-2H3,(H,14,15). The predicted octanol–water partition coefficient (Wildman–Crippen LogP) is 1.08. The van der Waals surface area contributed by atoms with Crippen molar-refractivity contribution in [2.75, 3.05) is 6.61 Å². The lowest BCUT2D eigenvalue weighted by Crippen LogP contribution is -2.50. The van der Waals surface area contributed by atoms with E-state index in [4.69, 9.17) is 15.6 Å². The third-order valence-corrected chi connectivity index (χ3v) is 2.39. The fourth-order valence-corrected chi connectivity index (χ4v) is 1.25. The van der Waals surface area contributed by atoms with Gasteiger partial charge in [-0.1, -0.05) is 12.1 Å². The van der Waals surface area contributed by atoms with Crippen molar-refractivity contribution in [2.45, 2.75) is 19.4 Å². The molecule has 0 aliphatic carbocycles. The zero-order chi connectivity index (χ0) is 13.9. The van der Waals surface area contributed by atoms with E-state index < -0.39 is 16.4 Å².